The van der Waals surface area contributed by atoms with Crippen LogP contribution in [-0.2, 0) is 0 Å². The third-order valence-corrected chi connectivity index (χ3v) is 2.13. The summed E-state index contributed by atoms with van der Waals surface area (Å²) in [5.74, 6) is 1.14. The van der Waals surface area contributed by atoms with Gasteiger partial charge in [-0.15, -0.1) is 23.9 Å². The van der Waals surface area contributed by atoms with E-state index in [4.69, 9.17) is 0 Å². The Labute approximate surface area is 101 Å². The summed E-state index contributed by atoms with van der Waals surface area (Å²) in [6, 6.07) is 8.29. The molecule has 0 atom stereocenters. The van der Waals surface area contributed by atoms with E-state index in [1.807, 2.05) is 23.9 Å². The van der Waals surface area contributed by atoms with Gasteiger partial charge in [0.1, 0.15) is 0 Å². The zero-order valence-corrected chi connectivity index (χ0v) is 10.2. The van der Waals surface area contributed by atoms with Gasteiger partial charge in [0.25, 0.3) is 0 Å². The van der Waals surface area contributed by atoms with Crippen molar-refractivity contribution < 1.29 is 12.4 Å². The molecule has 0 fully saturated rings. The van der Waals surface area contributed by atoms with E-state index in [9.17, 15) is 0 Å². The number of hydrogen-bond donors (Lipinski definition) is 0. The van der Waals surface area contributed by atoms with E-state index in [2.05, 4.69) is 26.0 Å². The summed E-state index contributed by atoms with van der Waals surface area (Å²) in [4.78, 5) is 1.33. The van der Waals surface area contributed by atoms with Crippen molar-refractivity contribution in [2.45, 2.75) is 11.8 Å². The van der Waals surface area contributed by atoms with Crippen molar-refractivity contribution in [2.75, 3.05) is 5.75 Å². The Morgan fingerprint density at radius 3 is 2.17 bits per heavy atom. The van der Waals surface area contributed by atoms with E-state index in [1.165, 1.54) is 4.90 Å². The largest absolute Gasteiger partial charge is 2.00 e. The van der Waals surface area contributed by atoms with Crippen LogP contribution in [0.15, 0.2) is 29.2 Å². The van der Waals surface area contributed by atoms with Gasteiger partial charge in [-0.25, -0.2) is 0 Å². The molecule has 1 aromatic carbocycles. The Balaban J connectivity index is 0. The number of rotatable bonds is 2. The first-order valence-corrected chi connectivity index (χ1v) is 4.36. The SMILES string of the molecule is [CH2-]c1ccc(SCC)cc1.[Cl-].[Mg+2]. The molecule has 12 heavy (non-hydrogen) atoms. The van der Waals surface area contributed by atoms with Gasteiger partial charge in [0, 0.05) is 0 Å². The van der Waals surface area contributed by atoms with Crippen molar-refractivity contribution >= 4 is 34.8 Å². The molecule has 0 spiro atoms. The van der Waals surface area contributed by atoms with Gasteiger partial charge in [-0.3, -0.25) is 0 Å². The molecule has 62 valence electrons. The summed E-state index contributed by atoms with van der Waals surface area (Å²) in [5.41, 5.74) is 1.08. The molecule has 0 aliphatic heterocycles. The molecule has 0 heterocycles. The Bertz CT molecular complexity index is 198. The van der Waals surface area contributed by atoms with Gasteiger partial charge < -0.3 is 12.4 Å². The molecule has 0 saturated carbocycles. The van der Waals surface area contributed by atoms with Crippen LogP contribution in [0.5, 0.6) is 0 Å². The van der Waals surface area contributed by atoms with Gasteiger partial charge in [0.15, 0.2) is 0 Å². The van der Waals surface area contributed by atoms with Crippen LogP contribution in [0.2, 0.25) is 0 Å². The second kappa shape index (κ2) is 8.11. The Morgan fingerprint density at radius 1 is 1.25 bits per heavy atom. The molecule has 0 aromatic heterocycles. The van der Waals surface area contributed by atoms with Crippen LogP contribution in [0.3, 0.4) is 0 Å². The average molecular weight is 211 g/mol. The minimum absolute atomic E-state index is 0. The summed E-state index contributed by atoms with van der Waals surface area (Å²) in [7, 11) is 0. The van der Waals surface area contributed by atoms with Crippen LogP contribution < -0.4 is 12.4 Å². The number of benzene rings is 1. The quantitative estimate of drug-likeness (QED) is 0.364. The number of halogens is 1. The minimum atomic E-state index is 0. The number of thioether (sulfide) groups is 1. The third-order valence-electron chi connectivity index (χ3n) is 1.23. The maximum atomic E-state index is 3.81. The summed E-state index contributed by atoms with van der Waals surface area (Å²) in [5, 5.41) is 0. The zero-order valence-electron chi connectivity index (χ0n) is 7.22. The minimum Gasteiger partial charge on any atom is -1.00 e. The fourth-order valence-corrected chi connectivity index (χ4v) is 1.41. The van der Waals surface area contributed by atoms with Gasteiger partial charge in [-0.05, 0) is 10.6 Å². The average Bonchev–Trinajstić information content (AvgIpc) is 1.95. The number of hydrogen-bond acceptors (Lipinski definition) is 1. The van der Waals surface area contributed by atoms with Crippen LogP contribution in [0.25, 0.3) is 0 Å². The van der Waals surface area contributed by atoms with Crippen molar-refractivity contribution in [3.63, 3.8) is 0 Å². The van der Waals surface area contributed by atoms with Gasteiger partial charge in [0.2, 0.25) is 0 Å². The van der Waals surface area contributed by atoms with Crippen LogP contribution in [0.4, 0.5) is 0 Å². The predicted molar refractivity (Wildman–Crippen MR) is 53.1 cm³/mol. The molecule has 1 rings (SSSR count). The van der Waals surface area contributed by atoms with Crippen molar-refractivity contribution in [2.24, 2.45) is 0 Å². The summed E-state index contributed by atoms with van der Waals surface area (Å²) in [6.45, 7) is 5.97. The fraction of sp³-hybridized carbons (Fsp3) is 0.222. The molecule has 0 radical (unpaired) electrons. The second-order valence-electron chi connectivity index (χ2n) is 2.08. The van der Waals surface area contributed by atoms with E-state index in [0.717, 1.165) is 11.3 Å². The molecular formula is C9H11ClMgS. The van der Waals surface area contributed by atoms with Crippen molar-refractivity contribution in [3.05, 3.63) is 36.8 Å². The maximum absolute atomic E-state index is 3.81. The standard InChI is InChI=1S/C9H11S.ClH.Mg/c1-3-10-9-6-4-8(2)5-7-9;;/h4-7H,2-3H2,1H3;1H;/q-1;;+2/p-1. The zero-order chi connectivity index (χ0) is 7.40. The van der Waals surface area contributed by atoms with Crippen LogP contribution in [0, 0.1) is 6.92 Å². The van der Waals surface area contributed by atoms with Crippen molar-refractivity contribution in [1.82, 2.24) is 0 Å². The van der Waals surface area contributed by atoms with Gasteiger partial charge in [0.05, 0.1) is 0 Å². The van der Waals surface area contributed by atoms with Crippen molar-refractivity contribution in [3.8, 4) is 0 Å². The molecule has 0 unspecified atom stereocenters. The smallest absolute Gasteiger partial charge is 1.00 e. The van der Waals surface area contributed by atoms with E-state index >= 15 is 0 Å². The van der Waals surface area contributed by atoms with E-state index in [0.29, 0.717) is 0 Å². The Kier molecular flexibility index (Phi) is 10.1. The maximum Gasteiger partial charge on any atom is 2.00 e. The molecule has 0 bridgehead atoms. The molecular weight excluding hydrogens is 200 g/mol. The third kappa shape index (κ3) is 5.20. The molecule has 0 saturated heterocycles. The monoisotopic (exact) mass is 210 g/mol. The van der Waals surface area contributed by atoms with Gasteiger partial charge >= 0.3 is 23.1 Å². The van der Waals surface area contributed by atoms with E-state index < -0.39 is 0 Å². The molecule has 1 aromatic rings. The molecule has 3 heteroatoms. The Morgan fingerprint density at radius 2 is 1.75 bits per heavy atom. The molecule has 0 amide bonds. The summed E-state index contributed by atoms with van der Waals surface area (Å²) in [6.07, 6.45) is 0. The first kappa shape index (κ1) is 15.0. The molecule has 0 N–H and O–H groups in total. The van der Waals surface area contributed by atoms with Gasteiger partial charge in [-0.2, -0.15) is 24.6 Å². The van der Waals surface area contributed by atoms with Crippen LogP contribution in [-0.4, -0.2) is 28.8 Å². The summed E-state index contributed by atoms with van der Waals surface area (Å²) >= 11 is 1.86. The Hall–Kier alpha value is 0.496. The van der Waals surface area contributed by atoms with Crippen LogP contribution in [0.1, 0.15) is 12.5 Å². The van der Waals surface area contributed by atoms with Gasteiger partial charge in [-0.1, -0.05) is 6.92 Å². The molecule has 0 nitrogen and oxygen atoms in total. The van der Waals surface area contributed by atoms with Crippen LogP contribution >= 0.6 is 11.8 Å². The molecule has 0 aliphatic rings. The first-order chi connectivity index (χ1) is 4.83. The second-order valence-corrected chi connectivity index (χ2v) is 3.41. The normalized spacial score (nSPS) is 8.08. The fourth-order valence-electron chi connectivity index (χ4n) is 0.752. The predicted octanol–water partition coefficient (Wildman–Crippen LogP) is -0.396. The van der Waals surface area contributed by atoms with E-state index in [1.54, 1.807) is 0 Å². The van der Waals surface area contributed by atoms with Crippen molar-refractivity contribution in [1.29, 1.82) is 0 Å². The first-order valence-electron chi connectivity index (χ1n) is 3.37. The topological polar surface area (TPSA) is 0 Å². The van der Waals surface area contributed by atoms with E-state index in [-0.39, 0.29) is 35.5 Å². The molecule has 0 aliphatic carbocycles. The summed E-state index contributed by atoms with van der Waals surface area (Å²) < 4.78 is 0.